The number of aliphatic hydroxyl groups is 3. The van der Waals surface area contributed by atoms with Crippen LogP contribution in [0.3, 0.4) is 0 Å². The van der Waals surface area contributed by atoms with Crippen molar-refractivity contribution in [3.63, 3.8) is 0 Å². The van der Waals surface area contributed by atoms with Crippen molar-refractivity contribution in [2.45, 2.75) is 227 Å². The normalized spacial score (nSPS) is 38.2. The van der Waals surface area contributed by atoms with Crippen LogP contribution in [0.2, 0.25) is 0 Å². The molecule has 0 spiro atoms. The number of hydrogen-bond donors (Lipinski definition) is 3. The second-order valence-corrected chi connectivity index (χ2v) is 20.1. The highest BCUT2D eigenvalue weighted by Crippen LogP contribution is 2.76. The van der Waals surface area contributed by atoms with E-state index in [4.69, 9.17) is 4.74 Å². The molecule has 0 amide bonds. The van der Waals surface area contributed by atoms with Crippen LogP contribution in [0.1, 0.15) is 204 Å². The maximum absolute atomic E-state index is 13.2. The largest absolute Gasteiger partial charge is 0.462 e. The van der Waals surface area contributed by atoms with Crippen molar-refractivity contribution in [3.05, 3.63) is 11.6 Å². The van der Waals surface area contributed by atoms with Gasteiger partial charge >= 0.3 is 5.97 Å². The predicted octanol–water partition coefficient (Wildman–Crippen LogP) is 11.5. The highest BCUT2D eigenvalue weighted by Gasteiger charge is 2.73. The van der Waals surface area contributed by atoms with E-state index in [1.54, 1.807) is 0 Å². The molecule has 4 saturated carbocycles. The molecule has 4 rings (SSSR count). The lowest BCUT2D eigenvalue weighted by Crippen LogP contribution is -2.70. The molecule has 296 valence electrons. The van der Waals surface area contributed by atoms with Gasteiger partial charge in [0.1, 0.15) is 6.10 Å². The Labute approximate surface area is 314 Å². The van der Waals surface area contributed by atoms with E-state index in [-0.39, 0.29) is 57.4 Å². The number of esters is 1. The molecule has 11 atom stereocenters. The Morgan fingerprint density at radius 2 is 1.37 bits per heavy atom. The van der Waals surface area contributed by atoms with Crippen LogP contribution in [0.5, 0.6) is 0 Å². The van der Waals surface area contributed by atoms with Gasteiger partial charge in [0.2, 0.25) is 0 Å². The minimum absolute atomic E-state index is 0.0114. The van der Waals surface area contributed by atoms with Crippen LogP contribution in [-0.4, -0.2) is 45.2 Å². The molecular weight excluding hydrogens is 633 g/mol. The molecule has 51 heavy (non-hydrogen) atoms. The third-order valence-corrected chi connectivity index (χ3v) is 16.0. The van der Waals surface area contributed by atoms with E-state index in [2.05, 4.69) is 61.5 Å². The first-order valence-electron chi connectivity index (χ1n) is 21.9. The molecule has 4 fully saturated rings. The zero-order chi connectivity index (χ0) is 37.7. The molecule has 0 aliphatic heterocycles. The van der Waals surface area contributed by atoms with Gasteiger partial charge in [0, 0.05) is 11.8 Å². The Bertz CT molecular complexity index is 1140. The summed E-state index contributed by atoms with van der Waals surface area (Å²) in [5.41, 5.74) is -0.426. The Balaban J connectivity index is 1.32. The van der Waals surface area contributed by atoms with E-state index >= 15 is 0 Å². The average molecular weight is 715 g/mol. The van der Waals surface area contributed by atoms with Crippen molar-refractivity contribution in [1.29, 1.82) is 0 Å². The quantitative estimate of drug-likeness (QED) is 0.0704. The van der Waals surface area contributed by atoms with Crippen molar-refractivity contribution in [2.75, 3.05) is 0 Å². The summed E-state index contributed by atoms with van der Waals surface area (Å²) in [6, 6.07) is 0. The number of carbonyl (C=O) groups excluding carboxylic acids is 1. The van der Waals surface area contributed by atoms with Crippen LogP contribution in [0, 0.1) is 45.3 Å². The van der Waals surface area contributed by atoms with Crippen LogP contribution in [0.25, 0.3) is 0 Å². The highest BCUT2D eigenvalue weighted by atomic mass is 16.5. The van der Waals surface area contributed by atoms with Crippen molar-refractivity contribution < 1.29 is 24.9 Å². The third-order valence-electron chi connectivity index (χ3n) is 16.0. The fraction of sp³-hybridized carbons (Fsp3) is 0.935. The average Bonchev–Trinajstić information content (AvgIpc) is 3.42. The zero-order valence-corrected chi connectivity index (χ0v) is 34.8. The summed E-state index contributed by atoms with van der Waals surface area (Å²) in [5.74, 6) is 0.230. The van der Waals surface area contributed by atoms with Crippen LogP contribution in [-0.2, 0) is 9.53 Å². The highest BCUT2D eigenvalue weighted by molar-refractivity contribution is 5.69. The van der Waals surface area contributed by atoms with Gasteiger partial charge in [0.15, 0.2) is 0 Å². The molecule has 0 heterocycles. The topological polar surface area (TPSA) is 87.0 Å². The van der Waals surface area contributed by atoms with E-state index < -0.39 is 17.8 Å². The second kappa shape index (κ2) is 17.7. The summed E-state index contributed by atoms with van der Waals surface area (Å²) in [6.45, 7) is 20.1. The van der Waals surface area contributed by atoms with Crippen LogP contribution in [0.4, 0.5) is 0 Å². The molecule has 0 radical (unpaired) electrons. The van der Waals surface area contributed by atoms with Gasteiger partial charge < -0.3 is 20.1 Å². The number of aliphatic hydroxyl groups excluding tert-OH is 2. The molecule has 0 saturated heterocycles. The number of rotatable bonds is 19. The Hall–Kier alpha value is -0.910. The van der Waals surface area contributed by atoms with Gasteiger partial charge in [-0.25, -0.2) is 0 Å². The van der Waals surface area contributed by atoms with Gasteiger partial charge in [-0.15, -0.1) is 0 Å². The molecule has 0 aromatic rings. The number of allylic oxidation sites excluding steroid dienone is 2. The van der Waals surface area contributed by atoms with Crippen LogP contribution < -0.4 is 0 Å². The number of unbranched alkanes of at least 4 members (excludes halogenated alkanes) is 12. The van der Waals surface area contributed by atoms with Crippen LogP contribution >= 0.6 is 0 Å². The third kappa shape index (κ3) is 9.15. The molecule has 5 nitrogen and oxygen atoms in total. The SMILES string of the molecule is CCCCCCCCCCCCCCCC(=O)OC1CCC2(C)C(C(O)CC3(C)C2CC(O)C2C(C(C)(O)CCC=C(C)C)CCC23C)C1(C)C. The van der Waals surface area contributed by atoms with Gasteiger partial charge in [-0.05, 0) is 118 Å². The summed E-state index contributed by atoms with van der Waals surface area (Å²) < 4.78 is 6.29. The van der Waals surface area contributed by atoms with E-state index in [9.17, 15) is 20.1 Å². The number of ether oxygens (including phenoxy) is 1. The molecule has 3 N–H and O–H groups in total. The Morgan fingerprint density at radius 1 is 0.804 bits per heavy atom. The lowest BCUT2D eigenvalue weighted by atomic mass is 9.34. The lowest BCUT2D eigenvalue weighted by molar-refractivity contribution is -0.276. The van der Waals surface area contributed by atoms with E-state index in [1.807, 2.05) is 6.92 Å². The molecule has 5 heteroatoms. The van der Waals surface area contributed by atoms with Gasteiger partial charge in [-0.3, -0.25) is 4.79 Å². The van der Waals surface area contributed by atoms with Crippen molar-refractivity contribution in [3.8, 4) is 0 Å². The number of hydrogen-bond acceptors (Lipinski definition) is 5. The molecular formula is C46H82O5. The lowest BCUT2D eigenvalue weighted by Gasteiger charge is -2.71. The van der Waals surface area contributed by atoms with Gasteiger partial charge in [-0.2, -0.15) is 0 Å². The van der Waals surface area contributed by atoms with E-state index in [1.165, 1.54) is 76.2 Å². The first kappa shape index (κ1) is 42.8. The molecule has 0 bridgehead atoms. The maximum Gasteiger partial charge on any atom is 0.306 e. The number of fused-ring (bicyclic) bond motifs is 5. The summed E-state index contributed by atoms with van der Waals surface area (Å²) in [5, 5.41) is 36.2. The van der Waals surface area contributed by atoms with Gasteiger partial charge in [-0.1, -0.05) is 130 Å². The van der Waals surface area contributed by atoms with E-state index in [0.717, 1.165) is 51.4 Å². The first-order chi connectivity index (χ1) is 24.0. The fourth-order valence-electron chi connectivity index (χ4n) is 13.2. The maximum atomic E-state index is 13.2. The van der Waals surface area contributed by atoms with E-state index in [0.29, 0.717) is 19.3 Å². The van der Waals surface area contributed by atoms with Crippen LogP contribution in [0.15, 0.2) is 11.6 Å². The summed E-state index contributed by atoms with van der Waals surface area (Å²) in [4.78, 5) is 13.2. The molecule has 0 aromatic carbocycles. The zero-order valence-electron chi connectivity index (χ0n) is 34.8. The Kier molecular flexibility index (Phi) is 14.9. The summed E-state index contributed by atoms with van der Waals surface area (Å²) in [6.07, 6.45) is 24.9. The molecule has 0 aromatic heterocycles. The van der Waals surface area contributed by atoms with Crippen molar-refractivity contribution in [1.82, 2.24) is 0 Å². The molecule has 4 aliphatic rings. The molecule has 4 aliphatic carbocycles. The van der Waals surface area contributed by atoms with Crippen molar-refractivity contribution in [2.24, 2.45) is 45.3 Å². The summed E-state index contributed by atoms with van der Waals surface area (Å²) in [7, 11) is 0. The number of carbonyl (C=O) groups is 1. The second-order valence-electron chi connectivity index (χ2n) is 20.1. The first-order valence-corrected chi connectivity index (χ1v) is 21.9. The predicted molar refractivity (Wildman–Crippen MR) is 211 cm³/mol. The van der Waals surface area contributed by atoms with Gasteiger partial charge in [0.05, 0.1) is 17.8 Å². The minimum atomic E-state index is -0.838. The smallest absolute Gasteiger partial charge is 0.306 e. The monoisotopic (exact) mass is 715 g/mol. The fourth-order valence-corrected chi connectivity index (χ4v) is 13.2. The Morgan fingerprint density at radius 3 is 1.94 bits per heavy atom. The van der Waals surface area contributed by atoms with Crippen molar-refractivity contribution >= 4 is 5.97 Å². The minimum Gasteiger partial charge on any atom is -0.462 e. The summed E-state index contributed by atoms with van der Waals surface area (Å²) >= 11 is 0. The standard InChI is InChI=1S/C46H82O5/c1-10-11-12-13-14-15-16-17-18-19-20-21-22-25-39(49)51-38-27-29-43(6)37-31-35(47)40-34(46(9,50)28-23-24-33(2)3)26-30-44(40,7)45(37,8)32-36(48)41(43)42(38,4)5/h24,34-38,40-41,47-48,50H,10-23,25-32H2,1-9H3. The van der Waals surface area contributed by atoms with Gasteiger partial charge in [0.25, 0.3) is 0 Å². The molecule has 11 unspecified atom stereocenters.